The number of rotatable bonds is 4. The number of imidazole rings is 1. The van der Waals surface area contributed by atoms with Crippen LogP contribution in [0.1, 0.15) is 23.9 Å². The van der Waals surface area contributed by atoms with Crippen molar-refractivity contribution in [1.29, 1.82) is 10.5 Å². The molecule has 2 rings (SSSR count). The number of hydrogen-bond donors (Lipinski definition) is 1. The first-order chi connectivity index (χ1) is 9.69. The van der Waals surface area contributed by atoms with Crippen molar-refractivity contribution in [3.8, 4) is 17.9 Å². The number of anilines is 1. The van der Waals surface area contributed by atoms with Crippen molar-refractivity contribution >= 4 is 5.69 Å². The molecule has 0 bridgehead atoms. The van der Waals surface area contributed by atoms with Gasteiger partial charge in [-0.2, -0.15) is 10.5 Å². The number of ether oxygens (including phenoxy) is 1. The molecule has 0 aliphatic rings. The summed E-state index contributed by atoms with van der Waals surface area (Å²) in [6.45, 7) is 2.80. The van der Waals surface area contributed by atoms with Crippen molar-refractivity contribution in [3.05, 3.63) is 41.5 Å². The van der Waals surface area contributed by atoms with Crippen LogP contribution in [-0.2, 0) is 6.54 Å². The van der Waals surface area contributed by atoms with Gasteiger partial charge in [-0.05, 0) is 25.1 Å². The van der Waals surface area contributed by atoms with E-state index in [9.17, 15) is 0 Å². The molecule has 2 N–H and O–H groups in total. The van der Waals surface area contributed by atoms with Gasteiger partial charge < -0.3 is 15.0 Å². The van der Waals surface area contributed by atoms with Crippen LogP contribution >= 0.6 is 0 Å². The van der Waals surface area contributed by atoms with Gasteiger partial charge in [-0.15, -0.1) is 0 Å². The molecular weight excluding hydrogens is 254 g/mol. The van der Waals surface area contributed by atoms with Crippen molar-refractivity contribution in [2.75, 3.05) is 12.3 Å². The molecule has 0 atom stereocenters. The van der Waals surface area contributed by atoms with Crippen LogP contribution in [-0.4, -0.2) is 16.2 Å². The van der Waals surface area contributed by atoms with Crippen molar-refractivity contribution in [2.24, 2.45) is 0 Å². The average Bonchev–Trinajstić information content (AvgIpc) is 2.84. The molecule has 100 valence electrons. The minimum Gasteiger partial charge on any atom is -0.494 e. The van der Waals surface area contributed by atoms with Gasteiger partial charge in [0.25, 0.3) is 0 Å². The standard InChI is InChI=1S/C14H13N5O/c1-2-20-14-4-3-11(17)5-10(14)8-19-9-18-12(6-15)13(19)7-16/h3-5,9H,2,8,17H2,1H3. The van der Waals surface area contributed by atoms with Crippen LogP contribution in [0.15, 0.2) is 24.5 Å². The summed E-state index contributed by atoms with van der Waals surface area (Å²) in [6, 6.07) is 9.22. The smallest absolute Gasteiger partial charge is 0.176 e. The van der Waals surface area contributed by atoms with E-state index >= 15 is 0 Å². The molecule has 0 radical (unpaired) electrons. The van der Waals surface area contributed by atoms with Crippen LogP contribution in [0.25, 0.3) is 0 Å². The fourth-order valence-electron chi connectivity index (χ4n) is 1.90. The molecule has 1 aromatic heterocycles. The predicted molar refractivity (Wildman–Crippen MR) is 72.8 cm³/mol. The van der Waals surface area contributed by atoms with Gasteiger partial charge in [-0.25, -0.2) is 4.98 Å². The highest BCUT2D eigenvalue weighted by Crippen LogP contribution is 2.23. The molecule has 1 heterocycles. The maximum absolute atomic E-state index is 9.11. The van der Waals surface area contributed by atoms with E-state index in [1.807, 2.05) is 19.1 Å². The largest absolute Gasteiger partial charge is 0.494 e. The molecule has 0 amide bonds. The highest BCUT2D eigenvalue weighted by atomic mass is 16.5. The predicted octanol–water partition coefficient (Wildman–Crippen LogP) is 1.66. The SMILES string of the molecule is CCOc1ccc(N)cc1Cn1cnc(C#N)c1C#N. The summed E-state index contributed by atoms with van der Waals surface area (Å²) >= 11 is 0. The molecular formula is C14H13N5O. The van der Waals surface area contributed by atoms with Crippen LogP contribution in [0.2, 0.25) is 0 Å². The van der Waals surface area contributed by atoms with Gasteiger partial charge in [-0.1, -0.05) is 0 Å². The molecule has 0 aliphatic carbocycles. The first-order valence-corrected chi connectivity index (χ1v) is 6.06. The van der Waals surface area contributed by atoms with Gasteiger partial charge in [0, 0.05) is 11.3 Å². The summed E-state index contributed by atoms with van der Waals surface area (Å²) in [4.78, 5) is 3.91. The Labute approximate surface area is 116 Å². The maximum atomic E-state index is 9.11. The van der Waals surface area contributed by atoms with E-state index in [1.54, 1.807) is 22.8 Å². The molecule has 1 aromatic carbocycles. The average molecular weight is 267 g/mol. The lowest BCUT2D eigenvalue weighted by molar-refractivity contribution is 0.336. The lowest BCUT2D eigenvalue weighted by atomic mass is 10.1. The number of hydrogen-bond acceptors (Lipinski definition) is 5. The lowest BCUT2D eigenvalue weighted by Gasteiger charge is -2.12. The topological polar surface area (TPSA) is 101 Å². The van der Waals surface area contributed by atoms with Crippen LogP contribution in [0, 0.1) is 22.7 Å². The van der Waals surface area contributed by atoms with E-state index in [0.29, 0.717) is 24.6 Å². The van der Waals surface area contributed by atoms with Crippen LogP contribution < -0.4 is 10.5 Å². The van der Waals surface area contributed by atoms with E-state index in [-0.39, 0.29) is 11.4 Å². The number of nitriles is 2. The summed E-state index contributed by atoms with van der Waals surface area (Å²) < 4.78 is 7.14. The normalized spacial score (nSPS) is 9.75. The molecule has 0 aliphatic heterocycles. The Morgan fingerprint density at radius 2 is 2.15 bits per heavy atom. The fraction of sp³-hybridized carbons (Fsp3) is 0.214. The summed E-state index contributed by atoms with van der Waals surface area (Å²) in [6.07, 6.45) is 1.47. The minimum atomic E-state index is 0.120. The van der Waals surface area contributed by atoms with Gasteiger partial charge in [-0.3, -0.25) is 0 Å². The Bertz CT molecular complexity index is 705. The van der Waals surface area contributed by atoms with E-state index in [2.05, 4.69) is 4.98 Å². The van der Waals surface area contributed by atoms with Gasteiger partial charge in [0.2, 0.25) is 0 Å². The quantitative estimate of drug-likeness (QED) is 0.849. The third kappa shape index (κ3) is 2.55. The fourth-order valence-corrected chi connectivity index (χ4v) is 1.90. The van der Waals surface area contributed by atoms with Crippen LogP contribution in [0.3, 0.4) is 0 Å². The number of nitrogen functional groups attached to an aromatic ring is 1. The van der Waals surface area contributed by atoms with Gasteiger partial charge in [0.05, 0.1) is 19.5 Å². The number of nitrogens with zero attached hydrogens (tertiary/aromatic N) is 4. The molecule has 6 nitrogen and oxygen atoms in total. The van der Waals surface area contributed by atoms with E-state index in [0.717, 1.165) is 5.56 Å². The second-order valence-corrected chi connectivity index (χ2v) is 4.09. The third-order valence-corrected chi connectivity index (χ3v) is 2.77. The van der Waals surface area contributed by atoms with Crippen molar-refractivity contribution in [3.63, 3.8) is 0 Å². The Balaban J connectivity index is 2.40. The number of benzene rings is 1. The highest BCUT2D eigenvalue weighted by molar-refractivity contribution is 5.48. The highest BCUT2D eigenvalue weighted by Gasteiger charge is 2.12. The summed E-state index contributed by atoms with van der Waals surface area (Å²) in [5.41, 5.74) is 7.59. The molecule has 6 heteroatoms. The maximum Gasteiger partial charge on any atom is 0.176 e. The number of aromatic nitrogens is 2. The monoisotopic (exact) mass is 267 g/mol. The third-order valence-electron chi connectivity index (χ3n) is 2.77. The zero-order valence-corrected chi connectivity index (χ0v) is 11.0. The second-order valence-electron chi connectivity index (χ2n) is 4.09. The molecule has 0 spiro atoms. The van der Waals surface area contributed by atoms with Crippen LogP contribution in [0.5, 0.6) is 5.75 Å². The Morgan fingerprint density at radius 3 is 2.80 bits per heavy atom. The van der Waals surface area contributed by atoms with Gasteiger partial charge in [0.15, 0.2) is 11.4 Å². The molecule has 2 aromatic rings. The summed E-state index contributed by atoms with van der Waals surface area (Å²) in [7, 11) is 0. The molecule has 20 heavy (non-hydrogen) atoms. The zero-order valence-electron chi connectivity index (χ0n) is 11.0. The van der Waals surface area contributed by atoms with Gasteiger partial charge in [0.1, 0.15) is 17.9 Å². The Kier molecular flexibility index (Phi) is 3.88. The Hall–Kier alpha value is -2.99. The molecule has 0 fully saturated rings. The van der Waals surface area contributed by atoms with Gasteiger partial charge >= 0.3 is 0 Å². The molecule has 0 saturated carbocycles. The molecule has 0 unspecified atom stereocenters. The van der Waals surface area contributed by atoms with Crippen molar-refractivity contribution < 1.29 is 4.74 Å². The lowest BCUT2D eigenvalue weighted by Crippen LogP contribution is -2.05. The van der Waals surface area contributed by atoms with E-state index in [4.69, 9.17) is 21.0 Å². The van der Waals surface area contributed by atoms with Crippen molar-refractivity contribution in [1.82, 2.24) is 9.55 Å². The van der Waals surface area contributed by atoms with Crippen LogP contribution in [0.4, 0.5) is 5.69 Å². The second kappa shape index (κ2) is 5.77. The molecule has 0 saturated heterocycles. The number of nitrogens with two attached hydrogens (primary N) is 1. The van der Waals surface area contributed by atoms with Crippen molar-refractivity contribution in [2.45, 2.75) is 13.5 Å². The first-order valence-electron chi connectivity index (χ1n) is 6.06. The zero-order chi connectivity index (χ0) is 14.5. The summed E-state index contributed by atoms with van der Waals surface area (Å²) in [5.74, 6) is 0.706. The van der Waals surface area contributed by atoms with E-state index in [1.165, 1.54) is 6.33 Å². The van der Waals surface area contributed by atoms with E-state index < -0.39 is 0 Å². The first kappa shape index (κ1) is 13.4. The Morgan fingerprint density at radius 1 is 1.35 bits per heavy atom. The summed E-state index contributed by atoms with van der Waals surface area (Å²) in [5, 5.41) is 18.0. The minimum absolute atomic E-state index is 0.120.